The van der Waals surface area contributed by atoms with Crippen LogP contribution in [0.5, 0.6) is 0 Å². The van der Waals surface area contributed by atoms with Crippen LogP contribution in [0.1, 0.15) is 17.5 Å². The number of halogens is 1. The second-order valence-corrected chi connectivity index (χ2v) is 5.69. The van der Waals surface area contributed by atoms with Gasteiger partial charge in [0.05, 0.1) is 0 Å². The molecule has 2 N–H and O–H groups in total. The van der Waals surface area contributed by atoms with Crippen molar-refractivity contribution in [3.8, 4) is 0 Å². The van der Waals surface area contributed by atoms with Crippen LogP contribution in [-0.4, -0.2) is 18.4 Å². The Hall–Kier alpha value is -2.33. The first kappa shape index (κ1) is 17.0. The van der Waals surface area contributed by atoms with Gasteiger partial charge in [0.25, 0.3) is 0 Å². The Morgan fingerprint density at radius 3 is 2.48 bits per heavy atom. The predicted octanol–water partition coefficient (Wildman–Crippen LogP) is 3.34. The maximum Gasteiger partial charge on any atom is 0.313 e. The summed E-state index contributed by atoms with van der Waals surface area (Å²) in [4.78, 5) is 23.6. The third-order valence-electron chi connectivity index (χ3n) is 3.41. The quantitative estimate of drug-likeness (QED) is 0.652. The molecule has 2 aromatic carbocycles. The van der Waals surface area contributed by atoms with Crippen molar-refractivity contribution in [3.05, 3.63) is 64.7 Å². The number of benzene rings is 2. The highest BCUT2D eigenvalue weighted by Gasteiger charge is 2.14. The van der Waals surface area contributed by atoms with Crippen LogP contribution < -0.4 is 10.6 Å². The van der Waals surface area contributed by atoms with Crippen molar-refractivity contribution in [2.45, 2.75) is 19.8 Å². The van der Waals surface area contributed by atoms with Crippen LogP contribution in [0.2, 0.25) is 5.02 Å². The number of carbonyl (C=O) groups is 2. The van der Waals surface area contributed by atoms with E-state index in [0.717, 1.165) is 18.4 Å². The maximum absolute atomic E-state index is 11.9. The van der Waals surface area contributed by atoms with Crippen molar-refractivity contribution < 1.29 is 9.59 Å². The summed E-state index contributed by atoms with van der Waals surface area (Å²) in [6.45, 7) is 2.28. The Balaban J connectivity index is 1.75. The molecule has 0 atom stereocenters. The molecule has 0 saturated heterocycles. The molecule has 2 rings (SSSR count). The first-order chi connectivity index (χ1) is 11.1. The smallest absolute Gasteiger partial charge is 0.313 e. The predicted molar refractivity (Wildman–Crippen MR) is 92.6 cm³/mol. The van der Waals surface area contributed by atoms with Gasteiger partial charge in [-0.25, -0.2) is 0 Å². The van der Waals surface area contributed by atoms with E-state index >= 15 is 0 Å². The number of carbonyl (C=O) groups excluding carboxylic acids is 2. The van der Waals surface area contributed by atoms with Gasteiger partial charge >= 0.3 is 11.8 Å². The van der Waals surface area contributed by atoms with Gasteiger partial charge in [0.1, 0.15) is 0 Å². The number of anilines is 1. The summed E-state index contributed by atoms with van der Waals surface area (Å²) in [5, 5.41) is 5.80. The van der Waals surface area contributed by atoms with E-state index in [2.05, 4.69) is 10.6 Å². The Bertz CT molecular complexity index is 687. The van der Waals surface area contributed by atoms with E-state index in [4.69, 9.17) is 11.6 Å². The van der Waals surface area contributed by atoms with Gasteiger partial charge in [-0.2, -0.15) is 0 Å². The lowest BCUT2D eigenvalue weighted by Gasteiger charge is -2.09. The average Bonchev–Trinajstić information content (AvgIpc) is 2.55. The summed E-state index contributed by atoms with van der Waals surface area (Å²) in [6, 6.07) is 15.1. The summed E-state index contributed by atoms with van der Waals surface area (Å²) in [6.07, 6.45) is 1.64. The van der Waals surface area contributed by atoms with Crippen LogP contribution in [0.3, 0.4) is 0 Å². The molecule has 0 aliphatic carbocycles. The first-order valence-corrected chi connectivity index (χ1v) is 7.83. The zero-order valence-corrected chi connectivity index (χ0v) is 13.7. The molecule has 0 fully saturated rings. The number of hydrogen-bond donors (Lipinski definition) is 2. The number of rotatable bonds is 5. The Kier molecular flexibility index (Phi) is 6.18. The molecule has 0 spiro atoms. The molecule has 5 heteroatoms. The van der Waals surface area contributed by atoms with Gasteiger partial charge in [-0.3, -0.25) is 9.59 Å². The van der Waals surface area contributed by atoms with Gasteiger partial charge in [-0.1, -0.05) is 41.9 Å². The molecule has 2 amide bonds. The molecule has 4 nitrogen and oxygen atoms in total. The molecule has 0 radical (unpaired) electrons. The SMILES string of the molecule is Cc1cc(Cl)ccc1NC(=O)C(=O)NCCCc1ccccc1. The number of amides is 2. The fraction of sp³-hybridized carbons (Fsp3) is 0.222. The van der Waals surface area contributed by atoms with E-state index in [1.54, 1.807) is 18.2 Å². The van der Waals surface area contributed by atoms with Gasteiger partial charge in [-0.15, -0.1) is 0 Å². The number of nitrogens with one attached hydrogen (secondary N) is 2. The zero-order valence-electron chi connectivity index (χ0n) is 12.9. The lowest BCUT2D eigenvalue weighted by Crippen LogP contribution is -2.36. The van der Waals surface area contributed by atoms with Crippen molar-refractivity contribution >= 4 is 29.1 Å². The van der Waals surface area contributed by atoms with Crippen molar-refractivity contribution in [3.63, 3.8) is 0 Å². The molecular weight excluding hydrogens is 312 g/mol. The second-order valence-electron chi connectivity index (χ2n) is 5.26. The molecule has 0 heterocycles. The number of hydrogen-bond acceptors (Lipinski definition) is 2. The minimum absolute atomic E-state index is 0.459. The summed E-state index contributed by atoms with van der Waals surface area (Å²) < 4.78 is 0. The van der Waals surface area contributed by atoms with Gasteiger partial charge in [0, 0.05) is 17.3 Å². The standard InChI is InChI=1S/C18H19ClN2O2/c1-13-12-15(19)9-10-16(13)21-18(23)17(22)20-11-5-8-14-6-3-2-4-7-14/h2-4,6-7,9-10,12H,5,8,11H2,1H3,(H,20,22)(H,21,23). The minimum Gasteiger partial charge on any atom is -0.348 e. The van der Waals surface area contributed by atoms with Crippen LogP contribution in [0, 0.1) is 6.92 Å². The monoisotopic (exact) mass is 330 g/mol. The van der Waals surface area contributed by atoms with Gasteiger partial charge in [0.2, 0.25) is 0 Å². The molecule has 0 aliphatic rings. The summed E-state index contributed by atoms with van der Waals surface area (Å²) in [5.74, 6) is -1.30. The summed E-state index contributed by atoms with van der Waals surface area (Å²) >= 11 is 5.86. The summed E-state index contributed by atoms with van der Waals surface area (Å²) in [5.41, 5.74) is 2.60. The van der Waals surface area contributed by atoms with Crippen LogP contribution in [0.25, 0.3) is 0 Å². The fourth-order valence-electron chi connectivity index (χ4n) is 2.17. The average molecular weight is 331 g/mol. The van der Waals surface area contributed by atoms with Crippen molar-refractivity contribution in [1.29, 1.82) is 0 Å². The van der Waals surface area contributed by atoms with Crippen LogP contribution in [0.4, 0.5) is 5.69 Å². The van der Waals surface area contributed by atoms with Gasteiger partial charge in [0.15, 0.2) is 0 Å². The molecule has 0 aliphatic heterocycles. The minimum atomic E-state index is -0.671. The van der Waals surface area contributed by atoms with E-state index < -0.39 is 11.8 Å². The fourth-order valence-corrected chi connectivity index (χ4v) is 2.39. The third-order valence-corrected chi connectivity index (χ3v) is 3.65. The van der Waals surface area contributed by atoms with Crippen molar-refractivity contribution in [2.75, 3.05) is 11.9 Å². The topological polar surface area (TPSA) is 58.2 Å². The van der Waals surface area contributed by atoms with E-state index in [-0.39, 0.29) is 0 Å². The molecule has 2 aromatic rings. The summed E-state index contributed by atoms with van der Waals surface area (Å²) in [7, 11) is 0. The lowest BCUT2D eigenvalue weighted by molar-refractivity contribution is -0.136. The van der Waals surface area contributed by atoms with Crippen LogP contribution >= 0.6 is 11.6 Å². The largest absolute Gasteiger partial charge is 0.348 e. The molecule has 0 aromatic heterocycles. The lowest BCUT2D eigenvalue weighted by atomic mass is 10.1. The molecule has 23 heavy (non-hydrogen) atoms. The van der Waals surface area contributed by atoms with E-state index in [1.807, 2.05) is 37.3 Å². The van der Waals surface area contributed by atoms with Crippen molar-refractivity contribution in [1.82, 2.24) is 5.32 Å². The highest BCUT2D eigenvalue weighted by molar-refractivity contribution is 6.39. The highest BCUT2D eigenvalue weighted by Crippen LogP contribution is 2.19. The normalized spacial score (nSPS) is 10.2. The molecule has 0 saturated carbocycles. The third kappa shape index (κ3) is 5.42. The first-order valence-electron chi connectivity index (χ1n) is 7.45. The molecule has 0 unspecified atom stereocenters. The van der Waals surface area contributed by atoms with E-state index in [0.29, 0.717) is 17.3 Å². The zero-order chi connectivity index (χ0) is 16.7. The second kappa shape index (κ2) is 8.34. The van der Waals surface area contributed by atoms with Gasteiger partial charge in [-0.05, 0) is 49.1 Å². The Morgan fingerprint density at radius 2 is 1.78 bits per heavy atom. The molecule has 120 valence electrons. The maximum atomic E-state index is 11.9. The van der Waals surface area contributed by atoms with E-state index in [9.17, 15) is 9.59 Å². The van der Waals surface area contributed by atoms with Crippen molar-refractivity contribution in [2.24, 2.45) is 0 Å². The Labute approximate surface area is 140 Å². The molecular formula is C18H19ClN2O2. The highest BCUT2D eigenvalue weighted by atomic mass is 35.5. The van der Waals surface area contributed by atoms with Gasteiger partial charge < -0.3 is 10.6 Å². The number of aryl methyl sites for hydroxylation is 2. The molecule has 0 bridgehead atoms. The Morgan fingerprint density at radius 1 is 1.04 bits per heavy atom. The van der Waals surface area contributed by atoms with E-state index in [1.165, 1.54) is 5.56 Å². The van der Waals surface area contributed by atoms with Crippen LogP contribution in [-0.2, 0) is 16.0 Å². The van der Waals surface area contributed by atoms with Crippen LogP contribution in [0.15, 0.2) is 48.5 Å².